The van der Waals surface area contributed by atoms with Crippen LogP contribution in [0.25, 0.3) is 11.6 Å². The Morgan fingerprint density at radius 1 is 1.14 bits per heavy atom. The Kier molecular flexibility index (Phi) is 9.37. The van der Waals surface area contributed by atoms with E-state index in [-0.39, 0.29) is 18.0 Å². The maximum Gasteiger partial charge on any atom is 0.328 e. The molecular weight excluding hydrogens is 472 g/mol. The predicted molar refractivity (Wildman–Crippen MR) is 150 cm³/mol. The van der Waals surface area contributed by atoms with Crippen molar-refractivity contribution in [2.45, 2.75) is 46.5 Å². The van der Waals surface area contributed by atoms with Gasteiger partial charge in [-0.05, 0) is 73.7 Å². The van der Waals surface area contributed by atoms with E-state index in [0.717, 1.165) is 17.2 Å². The van der Waals surface area contributed by atoms with Gasteiger partial charge in [-0.25, -0.2) is 9.79 Å². The van der Waals surface area contributed by atoms with Gasteiger partial charge in [-0.2, -0.15) is 0 Å². The summed E-state index contributed by atoms with van der Waals surface area (Å²) in [4.78, 5) is 28.9. The average Bonchev–Trinajstić information content (AvgIpc) is 2.81. The van der Waals surface area contributed by atoms with E-state index < -0.39 is 11.4 Å². The van der Waals surface area contributed by atoms with Crippen molar-refractivity contribution in [3.05, 3.63) is 106 Å². The maximum absolute atomic E-state index is 13.4. The molecule has 2 rings (SSSR count). The van der Waals surface area contributed by atoms with E-state index in [1.807, 2.05) is 32.9 Å². The van der Waals surface area contributed by atoms with Gasteiger partial charge in [0.15, 0.2) is 0 Å². The molecule has 3 N–H and O–H groups in total. The Balaban J connectivity index is 2.65. The Bertz CT molecular complexity index is 1300. The summed E-state index contributed by atoms with van der Waals surface area (Å²) in [6.07, 6.45) is 2.84. The number of nitrogens with two attached hydrogens (primary N) is 1. The molecule has 0 aromatic heterocycles. The zero-order chi connectivity index (χ0) is 27.2. The summed E-state index contributed by atoms with van der Waals surface area (Å²) in [7, 11) is 0. The van der Waals surface area contributed by atoms with Crippen molar-refractivity contribution >= 4 is 40.7 Å². The van der Waals surface area contributed by atoms with Crippen LogP contribution in [0.4, 0.5) is 0 Å². The summed E-state index contributed by atoms with van der Waals surface area (Å²) in [5.74, 6) is -0.890. The van der Waals surface area contributed by atoms with Gasteiger partial charge >= 0.3 is 5.97 Å². The average molecular weight is 505 g/mol. The van der Waals surface area contributed by atoms with Crippen LogP contribution in [-0.4, -0.2) is 22.6 Å². The summed E-state index contributed by atoms with van der Waals surface area (Å²) >= 11 is 6.10. The molecule has 1 unspecified atom stereocenters. The lowest BCUT2D eigenvalue weighted by Crippen LogP contribution is -2.36. The van der Waals surface area contributed by atoms with Crippen LogP contribution >= 0.6 is 11.6 Å². The van der Waals surface area contributed by atoms with Crippen LogP contribution in [-0.2, 0) is 15.0 Å². The number of hydrogen-bond acceptors (Lipinski definition) is 4. The van der Waals surface area contributed by atoms with Crippen molar-refractivity contribution in [2.24, 2.45) is 10.7 Å². The number of Topliss-reactive ketones (excluding diaryl/α,β-unsaturated/α-hetero) is 1. The van der Waals surface area contributed by atoms with Crippen LogP contribution < -0.4 is 5.73 Å². The third kappa shape index (κ3) is 6.29. The summed E-state index contributed by atoms with van der Waals surface area (Å²) in [6.45, 7) is 17.5. The van der Waals surface area contributed by atoms with E-state index in [9.17, 15) is 9.59 Å². The minimum atomic E-state index is -1.11. The number of allylic oxidation sites excluding steroid dienone is 3. The molecule has 0 heterocycles. The van der Waals surface area contributed by atoms with Crippen LogP contribution in [0.1, 0.15) is 56.4 Å². The number of hydrogen-bond donors (Lipinski definition) is 2. The van der Waals surface area contributed by atoms with E-state index in [0.29, 0.717) is 38.6 Å². The number of nitrogens with zero attached hydrogens (tertiary/aromatic N) is 1. The SMILES string of the molecule is C=C(C)/C(=C(N)\N=C(/C)C(=C)c1ccc(Cl)cc1C)C(C)(C(=O)CC)c1ccc(/C=C/C(=O)O)cc1. The highest BCUT2D eigenvalue weighted by atomic mass is 35.5. The van der Waals surface area contributed by atoms with Crippen molar-refractivity contribution in [1.82, 2.24) is 0 Å². The minimum Gasteiger partial charge on any atom is -0.478 e. The number of aliphatic imine (C=N–C) groups is 1. The van der Waals surface area contributed by atoms with Gasteiger partial charge in [0.25, 0.3) is 0 Å². The number of halogens is 1. The first-order chi connectivity index (χ1) is 16.8. The second-order valence-electron chi connectivity index (χ2n) is 8.87. The van der Waals surface area contributed by atoms with Crippen LogP contribution in [0.15, 0.2) is 83.7 Å². The monoisotopic (exact) mass is 504 g/mol. The minimum absolute atomic E-state index is 0.0440. The maximum atomic E-state index is 13.4. The molecule has 2 aromatic rings. The molecule has 188 valence electrons. The van der Waals surface area contributed by atoms with Gasteiger partial charge in [0.1, 0.15) is 11.6 Å². The second-order valence-corrected chi connectivity index (χ2v) is 9.31. The Morgan fingerprint density at radius 2 is 1.75 bits per heavy atom. The second kappa shape index (κ2) is 11.8. The topological polar surface area (TPSA) is 92.8 Å². The van der Waals surface area contributed by atoms with E-state index in [1.54, 1.807) is 44.2 Å². The van der Waals surface area contributed by atoms with Crippen molar-refractivity contribution in [1.29, 1.82) is 0 Å². The molecule has 2 aromatic carbocycles. The third-order valence-electron chi connectivity index (χ3n) is 6.21. The number of carboxylic acid groups (broad SMARTS) is 1. The lowest BCUT2D eigenvalue weighted by molar-refractivity contribution is -0.131. The molecule has 6 heteroatoms. The molecule has 5 nitrogen and oxygen atoms in total. The van der Waals surface area contributed by atoms with Gasteiger partial charge in [-0.3, -0.25) is 4.79 Å². The number of aryl methyl sites for hydroxylation is 1. The largest absolute Gasteiger partial charge is 0.478 e. The number of carbonyl (C=O) groups is 2. The molecule has 0 spiro atoms. The summed E-state index contributed by atoms with van der Waals surface area (Å²) in [5.41, 5.74) is 11.2. The van der Waals surface area contributed by atoms with Gasteiger partial charge in [-0.15, -0.1) is 0 Å². The smallest absolute Gasteiger partial charge is 0.328 e. The highest BCUT2D eigenvalue weighted by Crippen LogP contribution is 2.39. The molecule has 0 fully saturated rings. The molecule has 1 atom stereocenters. The fraction of sp³-hybridized carbons (Fsp3) is 0.233. The normalized spacial score (nSPS) is 14.2. The Labute approximate surface area is 218 Å². The number of ketones is 1. The van der Waals surface area contributed by atoms with Crippen LogP contribution in [0, 0.1) is 6.92 Å². The third-order valence-corrected chi connectivity index (χ3v) is 6.44. The van der Waals surface area contributed by atoms with Gasteiger partial charge in [0.2, 0.25) is 0 Å². The standard InChI is InChI=1S/C30H33ClN2O3/c1-8-26(34)30(7,23-12-9-22(10-13-23)11-16-27(35)36)28(18(2)3)29(32)33-21(6)20(5)25-15-14-24(31)17-19(25)4/h9-17H,2,5,8,32H2,1,3-4,6-7H3,(H,35,36)/b16-11+,29-28+,33-21+. The first-order valence-corrected chi connectivity index (χ1v) is 11.9. The molecule has 36 heavy (non-hydrogen) atoms. The molecule has 0 bridgehead atoms. The van der Waals surface area contributed by atoms with E-state index >= 15 is 0 Å². The fourth-order valence-electron chi connectivity index (χ4n) is 4.26. The van der Waals surface area contributed by atoms with Crippen LogP contribution in [0.2, 0.25) is 5.02 Å². The van der Waals surface area contributed by atoms with Crippen LogP contribution in [0.5, 0.6) is 0 Å². The Hall–Kier alpha value is -3.70. The van der Waals surface area contributed by atoms with E-state index in [2.05, 4.69) is 18.2 Å². The number of carbonyl (C=O) groups excluding carboxylic acids is 1. The van der Waals surface area contributed by atoms with Crippen molar-refractivity contribution in [3.63, 3.8) is 0 Å². The molecular formula is C30H33ClN2O3. The summed E-state index contributed by atoms with van der Waals surface area (Å²) in [5, 5.41) is 9.52. The van der Waals surface area contributed by atoms with Gasteiger partial charge < -0.3 is 10.8 Å². The molecule has 0 radical (unpaired) electrons. The Morgan fingerprint density at radius 3 is 2.25 bits per heavy atom. The molecule has 0 aliphatic heterocycles. The number of rotatable bonds is 10. The molecule has 0 saturated heterocycles. The van der Waals surface area contributed by atoms with Crippen molar-refractivity contribution in [2.75, 3.05) is 0 Å². The highest BCUT2D eigenvalue weighted by Gasteiger charge is 2.39. The number of benzene rings is 2. The number of carboxylic acids is 1. The lowest BCUT2D eigenvalue weighted by atomic mass is 9.69. The highest BCUT2D eigenvalue weighted by molar-refractivity contribution is 6.31. The quantitative estimate of drug-likeness (QED) is 0.209. The first-order valence-electron chi connectivity index (χ1n) is 11.5. The zero-order valence-electron chi connectivity index (χ0n) is 21.5. The summed E-state index contributed by atoms with van der Waals surface area (Å²) < 4.78 is 0. The summed E-state index contributed by atoms with van der Waals surface area (Å²) in [6, 6.07) is 12.7. The lowest BCUT2D eigenvalue weighted by Gasteiger charge is -2.32. The molecule has 0 aliphatic carbocycles. The fourth-order valence-corrected chi connectivity index (χ4v) is 4.49. The van der Waals surface area contributed by atoms with Crippen molar-refractivity contribution < 1.29 is 14.7 Å². The van der Waals surface area contributed by atoms with Crippen molar-refractivity contribution in [3.8, 4) is 0 Å². The number of aliphatic carboxylic acids is 1. The predicted octanol–water partition coefficient (Wildman–Crippen LogP) is 6.90. The molecule has 0 aliphatic rings. The molecule has 0 saturated carbocycles. The zero-order valence-corrected chi connectivity index (χ0v) is 22.2. The first kappa shape index (κ1) is 28.5. The molecule has 0 amide bonds. The van der Waals surface area contributed by atoms with Crippen LogP contribution in [0.3, 0.4) is 0 Å². The van der Waals surface area contributed by atoms with Gasteiger partial charge in [-0.1, -0.05) is 67.6 Å². The van der Waals surface area contributed by atoms with E-state index in [1.165, 1.54) is 6.08 Å². The van der Waals surface area contributed by atoms with Gasteiger partial charge in [0.05, 0.1) is 5.41 Å². The van der Waals surface area contributed by atoms with Gasteiger partial charge in [0, 0.05) is 28.8 Å². The van der Waals surface area contributed by atoms with E-state index in [4.69, 9.17) is 22.4 Å².